The Morgan fingerprint density at radius 3 is 2.32 bits per heavy atom. The Morgan fingerprint density at radius 2 is 1.57 bits per heavy atom. The fraction of sp³-hybridized carbons (Fsp3) is 0.0455. The van der Waals surface area contributed by atoms with Gasteiger partial charge in [0.25, 0.3) is 0 Å². The molecule has 1 aliphatic heterocycles. The van der Waals surface area contributed by atoms with Gasteiger partial charge in [-0.3, -0.25) is 0 Å². The molecule has 0 radical (unpaired) electrons. The number of rotatable bonds is 9. The lowest BCUT2D eigenvalue weighted by molar-refractivity contribution is 1.09. The normalized spacial score (nSPS) is 13.7. The number of nitrogens with zero attached hydrogens (tertiary/aromatic N) is 2. The van der Waals surface area contributed by atoms with Gasteiger partial charge in [0.2, 0.25) is 0 Å². The number of hydrogen-bond acceptors (Lipinski definition) is 2. The lowest BCUT2D eigenvalue weighted by atomic mass is 9.96. The summed E-state index contributed by atoms with van der Waals surface area (Å²) in [5.74, 6) is 0. The average Bonchev–Trinajstić information content (AvgIpc) is 3.40. The van der Waals surface area contributed by atoms with Crippen molar-refractivity contribution in [2.24, 2.45) is 0 Å². The number of hydrogen-bond donors (Lipinski definition) is 0. The van der Waals surface area contributed by atoms with Crippen molar-refractivity contribution in [3.05, 3.63) is 189 Å². The highest BCUT2D eigenvalue weighted by Gasteiger charge is 2.22. The molecule has 230 valence electrons. The fourth-order valence-electron chi connectivity index (χ4n) is 6.07. The van der Waals surface area contributed by atoms with E-state index in [0.717, 1.165) is 61.7 Å². The molecule has 1 aromatic heterocycles. The van der Waals surface area contributed by atoms with E-state index >= 15 is 0 Å². The van der Waals surface area contributed by atoms with Crippen LogP contribution >= 0.6 is 11.8 Å². The predicted molar refractivity (Wildman–Crippen MR) is 207 cm³/mol. The van der Waals surface area contributed by atoms with Gasteiger partial charge in [-0.05, 0) is 96.3 Å². The number of para-hydroxylation sites is 1. The van der Waals surface area contributed by atoms with Crippen LogP contribution in [0.4, 0.5) is 5.69 Å². The second kappa shape index (κ2) is 13.9. The summed E-state index contributed by atoms with van der Waals surface area (Å²) in [5, 5.41) is 1.20. The van der Waals surface area contributed by atoms with Crippen LogP contribution in [-0.4, -0.2) is 4.57 Å². The second-order valence-electron chi connectivity index (χ2n) is 11.2. The molecule has 0 spiro atoms. The maximum absolute atomic E-state index is 4.44. The van der Waals surface area contributed by atoms with Gasteiger partial charge in [-0.2, -0.15) is 0 Å². The van der Waals surface area contributed by atoms with E-state index in [1.807, 2.05) is 50.0 Å². The third-order valence-electron chi connectivity index (χ3n) is 8.32. The molecule has 5 aromatic rings. The van der Waals surface area contributed by atoms with Gasteiger partial charge < -0.3 is 9.47 Å². The molecule has 0 bridgehead atoms. The molecule has 4 aromatic carbocycles. The van der Waals surface area contributed by atoms with Crippen LogP contribution in [0.25, 0.3) is 44.9 Å². The molecule has 6 rings (SSSR count). The smallest absolute Gasteiger partial charge is 0.0608 e. The SMILES string of the molecule is C=C/C=C\C(=C/C)N(C=C)c1ccc(-c2ccc3c(c2)c2c(n3-c3ccccc3)/C=C\C(=C)c3ccccc3S2)cc1C(=C)/C=C\C. The summed E-state index contributed by atoms with van der Waals surface area (Å²) in [7, 11) is 0. The van der Waals surface area contributed by atoms with E-state index in [1.165, 1.54) is 15.2 Å². The van der Waals surface area contributed by atoms with E-state index in [4.69, 9.17) is 0 Å². The molecule has 47 heavy (non-hydrogen) atoms. The van der Waals surface area contributed by atoms with Gasteiger partial charge >= 0.3 is 0 Å². The second-order valence-corrected chi connectivity index (χ2v) is 12.2. The summed E-state index contributed by atoms with van der Waals surface area (Å²) >= 11 is 1.81. The monoisotopic (exact) mass is 626 g/mol. The van der Waals surface area contributed by atoms with Gasteiger partial charge in [0.15, 0.2) is 0 Å². The van der Waals surface area contributed by atoms with E-state index in [1.54, 1.807) is 6.08 Å². The summed E-state index contributed by atoms with van der Waals surface area (Å²) in [6.45, 7) is 20.9. The van der Waals surface area contributed by atoms with Crippen molar-refractivity contribution in [2.75, 3.05) is 4.90 Å². The van der Waals surface area contributed by atoms with E-state index in [0.29, 0.717) is 0 Å². The van der Waals surface area contributed by atoms with E-state index in [9.17, 15) is 0 Å². The van der Waals surface area contributed by atoms with Gasteiger partial charge in [0.05, 0.1) is 16.9 Å². The predicted octanol–water partition coefficient (Wildman–Crippen LogP) is 12.7. The molecule has 0 fully saturated rings. The van der Waals surface area contributed by atoms with Crippen molar-refractivity contribution < 1.29 is 0 Å². The van der Waals surface area contributed by atoms with Crippen molar-refractivity contribution >= 4 is 45.6 Å². The molecular weight excluding hydrogens is 589 g/mol. The topological polar surface area (TPSA) is 8.17 Å². The zero-order valence-electron chi connectivity index (χ0n) is 27.0. The van der Waals surface area contributed by atoms with Gasteiger partial charge in [-0.15, -0.1) is 0 Å². The third kappa shape index (κ3) is 6.06. The number of aromatic nitrogens is 1. The van der Waals surface area contributed by atoms with E-state index in [-0.39, 0.29) is 0 Å². The van der Waals surface area contributed by atoms with Crippen LogP contribution in [0.1, 0.15) is 30.7 Å². The number of anilines is 1. The van der Waals surface area contributed by atoms with Crippen molar-refractivity contribution in [1.82, 2.24) is 4.57 Å². The summed E-state index contributed by atoms with van der Waals surface area (Å²) in [5.41, 5.74) is 11.8. The molecule has 2 nitrogen and oxygen atoms in total. The fourth-order valence-corrected chi connectivity index (χ4v) is 7.29. The van der Waals surface area contributed by atoms with Crippen LogP contribution in [-0.2, 0) is 0 Å². The highest BCUT2D eigenvalue weighted by Crippen LogP contribution is 2.46. The Morgan fingerprint density at radius 1 is 0.830 bits per heavy atom. The minimum atomic E-state index is 0.929. The van der Waals surface area contributed by atoms with E-state index in [2.05, 4.69) is 151 Å². The van der Waals surface area contributed by atoms with E-state index < -0.39 is 0 Å². The largest absolute Gasteiger partial charge is 0.317 e. The Labute approximate surface area is 283 Å². The molecule has 0 amide bonds. The van der Waals surface area contributed by atoms with Crippen LogP contribution < -0.4 is 4.90 Å². The van der Waals surface area contributed by atoms with Crippen LogP contribution in [0.5, 0.6) is 0 Å². The Balaban J connectivity index is 1.56. The van der Waals surface area contributed by atoms with Crippen molar-refractivity contribution in [2.45, 2.75) is 23.6 Å². The van der Waals surface area contributed by atoms with Crippen LogP contribution in [0.2, 0.25) is 0 Å². The number of fused-ring (bicyclic) bond motifs is 4. The zero-order chi connectivity index (χ0) is 32.9. The highest BCUT2D eigenvalue weighted by molar-refractivity contribution is 7.99. The van der Waals surface area contributed by atoms with Gasteiger partial charge in [-0.25, -0.2) is 0 Å². The number of benzene rings is 4. The number of allylic oxidation sites excluding steroid dienone is 9. The van der Waals surface area contributed by atoms with Gasteiger partial charge in [0.1, 0.15) is 0 Å². The lowest BCUT2D eigenvalue weighted by Crippen LogP contribution is -2.15. The highest BCUT2D eigenvalue weighted by atomic mass is 32.2. The van der Waals surface area contributed by atoms with Gasteiger partial charge in [0, 0.05) is 38.3 Å². The molecule has 0 saturated heterocycles. The van der Waals surface area contributed by atoms with Crippen molar-refractivity contribution in [1.29, 1.82) is 0 Å². The minimum Gasteiger partial charge on any atom is -0.317 e. The third-order valence-corrected chi connectivity index (χ3v) is 9.53. The average molecular weight is 627 g/mol. The van der Waals surface area contributed by atoms with Crippen LogP contribution in [0.3, 0.4) is 0 Å². The molecule has 0 aliphatic carbocycles. The minimum absolute atomic E-state index is 0.929. The molecule has 2 heterocycles. The zero-order valence-corrected chi connectivity index (χ0v) is 27.8. The summed E-state index contributed by atoms with van der Waals surface area (Å²) in [6, 6.07) is 32.5. The van der Waals surface area contributed by atoms with Crippen molar-refractivity contribution in [3.63, 3.8) is 0 Å². The van der Waals surface area contributed by atoms with Crippen molar-refractivity contribution in [3.8, 4) is 16.8 Å². The lowest BCUT2D eigenvalue weighted by Gasteiger charge is -2.25. The molecule has 1 aliphatic rings. The maximum Gasteiger partial charge on any atom is 0.0608 e. The molecular formula is C44H38N2S. The quantitative estimate of drug-likeness (QED) is 0.150. The summed E-state index contributed by atoms with van der Waals surface area (Å²) in [4.78, 5) is 4.51. The molecule has 0 saturated carbocycles. The van der Waals surface area contributed by atoms with Crippen LogP contribution in [0, 0.1) is 0 Å². The summed E-state index contributed by atoms with van der Waals surface area (Å²) in [6.07, 6.45) is 18.1. The first-order chi connectivity index (χ1) is 23.0. The van der Waals surface area contributed by atoms with Crippen LogP contribution in [0.15, 0.2) is 182 Å². The molecule has 0 N–H and O–H groups in total. The molecule has 0 unspecified atom stereocenters. The first-order valence-electron chi connectivity index (χ1n) is 15.7. The Hall–Kier alpha value is -5.51. The maximum atomic E-state index is 4.44. The Bertz CT molecular complexity index is 2150. The van der Waals surface area contributed by atoms with Gasteiger partial charge in [-0.1, -0.05) is 123 Å². The summed E-state index contributed by atoms with van der Waals surface area (Å²) < 4.78 is 2.36. The standard InChI is InChI=1S/C44H38N2S/c1-7-11-18-35(9-3)45(10-4)40-27-24-33(29-38(40)31(5)17-8-2)34-25-28-41-39(30-34)44-42(46(41)36-19-13-12-14-20-36)26-23-32(6)37-21-15-16-22-43(37)47-44/h7-30H,1,4-6H2,2-3H3/b17-8-,18-11-,26-23-,35-9+. The molecule has 3 heteroatoms. The Kier molecular flexibility index (Phi) is 9.28. The first-order valence-corrected chi connectivity index (χ1v) is 16.5. The molecule has 0 atom stereocenters. The first kappa shape index (κ1) is 31.5.